The molecule has 4 rings (SSSR count). The molecule has 1 saturated heterocycles. The Morgan fingerprint density at radius 1 is 1.13 bits per heavy atom. The molecule has 0 spiro atoms. The molecule has 2 N–H and O–H groups in total. The zero-order valence-electron chi connectivity index (χ0n) is 22.2. The third kappa shape index (κ3) is 6.53. The van der Waals surface area contributed by atoms with E-state index >= 15 is 0 Å². The van der Waals surface area contributed by atoms with Crippen LogP contribution in [0.5, 0.6) is 0 Å². The van der Waals surface area contributed by atoms with Gasteiger partial charge in [0.1, 0.15) is 11.6 Å². The van der Waals surface area contributed by atoms with Crippen LogP contribution in [0.4, 0.5) is 13.6 Å². The Morgan fingerprint density at radius 3 is 2.50 bits per heavy atom. The van der Waals surface area contributed by atoms with Crippen LogP contribution in [0.3, 0.4) is 0 Å². The van der Waals surface area contributed by atoms with Gasteiger partial charge in [0, 0.05) is 31.1 Å². The summed E-state index contributed by atoms with van der Waals surface area (Å²) < 4.78 is 30.6. The van der Waals surface area contributed by atoms with Gasteiger partial charge in [-0.05, 0) is 42.1 Å². The highest BCUT2D eigenvalue weighted by atomic mass is 32.2. The Morgan fingerprint density at radius 2 is 1.84 bits per heavy atom. The minimum atomic E-state index is -0.607. The van der Waals surface area contributed by atoms with E-state index in [1.165, 1.54) is 0 Å². The fourth-order valence-corrected chi connectivity index (χ4v) is 5.64. The van der Waals surface area contributed by atoms with E-state index in [0.717, 1.165) is 35.3 Å². The van der Waals surface area contributed by atoms with Crippen LogP contribution in [0.2, 0.25) is 0 Å². The van der Waals surface area contributed by atoms with Crippen LogP contribution in [0.15, 0.2) is 48.5 Å². The van der Waals surface area contributed by atoms with E-state index < -0.39 is 23.1 Å². The summed E-state index contributed by atoms with van der Waals surface area (Å²) in [5.41, 5.74) is 6.39. The second kappa shape index (κ2) is 12.3. The third-order valence-electron chi connectivity index (χ3n) is 6.55. The average Bonchev–Trinajstić information content (AvgIpc) is 3.30. The summed E-state index contributed by atoms with van der Waals surface area (Å²) in [5, 5.41) is 4.67. The van der Waals surface area contributed by atoms with E-state index in [1.54, 1.807) is 4.68 Å². The van der Waals surface area contributed by atoms with Crippen LogP contribution in [0.1, 0.15) is 44.6 Å². The van der Waals surface area contributed by atoms with Crippen molar-refractivity contribution in [2.45, 2.75) is 39.8 Å². The predicted molar refractivity (Wildman–Crippen MR) is 148 cm³/mol. The number of amides is 2. The van der Waals surface area contributed by atoms with Crippen molar-refractivity contribution < 1.29 is 13.6 Å². The Kier molecular flexibility index (Phi) is 9.04. The molecule has 3 aromatic rings. The van der Waals surface area contributed by atoms with Crippen molar-refractivity contribution in [3.8, 4) is 11.4 Å². The summed E-state index contributed by atoms with van der Waals surface area (Å²) in [7, 11) is 0. The van der Waals surface area contributed by atoms with Gasteiger partial charge in [0.05, 0.1) is 18.2 Å². The Hall–Kier alpha value is -2.98. The molecular formula is C28H36F2N6OS. The van der Waals surface area contributed by atoms with Gasteiger partial charge in [0.15, 0.2) is 11.6 Å². The van der Waals surface area contributed by atoms with Gasteiger partial charge < -0.3 is 15.5 Å². The van der Waals surface area contributed by atoms with E-state index in [0.29, 0.717) is 45.0 Å². The van der Waals surface area contributed by atoms with E-state index in [9.17, 15) is 13.6 Å². The quantitative estimate of drug-likeness (QED) is 0.424. The molecule has 10 heteroatoms. The molecule has 0 bridgehead atoms. The molecule has 2 aromatic carbocycles. The smallest absolute Gasteiger partial charge is 0.320 e. The average molecular weight is 543 g/mol. The first-order valence-electron chi connectivity index (χ1n) is 13.0. The fraction of sp³-hybridized carbons (Fsp3) is 0.464. The molecule has 2 heterocycles. The fourth-order valence-electron chi connectivity index (χ4n) is 4.74. The summed E-state index contributed by atoms with van der Waals surface area (Å²) >= 11 is 1.84. The first-order chi connectivity index (χ1) is 18.2. The number of carbonyl (C=O) groups is 1. The van der Waals surface area contributed by atoms with Crippen LogP contribution >= 0.6 is 11.8 Å². The minimum absolute atomic E-state index is 0.0152. The number of nitrogens with two attached hydrogens (primary N) is 1. The number of benzene rings is 2. The normalized spacial score (nSPS) is 14.9. The summed E-state index contributed by atoms with van der Waals surface area (Å²) in [4.78, 5) is 22.5. The van der Waals surface area contributed by atoms with Gasteiger partial charge in [-0.1, -0.05) is 51.1 Å². The molecule has 0 aliphatic carbocycles. The Bertz CT molecular complexity index is 1220. The first-order valence-corrected chi connectivity index (χ1v) is 14.1. The zero-order chi connectivity index (χ0) is 27.3. The molecule has 38 heavy (non-hydrogen) atoms. The van der Waals surface area contributed by atoms with E-state index in [-0.39, 0.29) is 17.4 Å². The SMILES string of the molecule is CC(C)(C)[C@H](c1nc(-c2cc(F)ccc2F)nn1Cc1ccccc1)N(CCCN)C(=O)N1CCSCC1. The monoisotopic (exact) mass is 542 g/mol. The largest absolute Gasteiger partial charge is 0.330 e. The summed E-state index contributed by atoms with van der Waals surface area (Å²) in [6.07, 6.45) is 0.624. The molecule has 7 nitrogen and oxygen atoms in total. The summed E-state index contributed by atoms with van der Waals surface area (Å²) in [6.45, 7) is 8.76. The third-order valence-corrected chi connectivity index (χ3v) is 7.49. The van der Waals surface area contributed by atoms with Crippen molar-refractivity contribution in [3.63, 3.8) is 0 Å². The van der Waals surface area contributed by atoms with Crippen LogP contribution in [0, 0.1) is 17.0 Å². The van der Waals surface area contributed by atoms with Gasteiger partial charge in [-0.3, -0.25) is 0 Å². The molecule has 0 radical (unpaired) electrons. The van der Waals surface area contributed by atoms with Gasteiger partial charge in [-0.25, -0.2) is 23.2 Å². The molecule has 1 atom stereocenters. The van der Waals surface area contributed by atoms with Crippen molar-refractivity contribution >= 4 is 17.8 Å². The topological polar surface area (TPSA) is 80.3 Å². The second-order valence-electron chi connectivity index (χ2n) is 10.5. The molecule has 1 fully saturated rings. The number of halogens is 2. The number of hydrogen-bond acceptors (Lipinski definition) is 5. The Balaban J connectivity index is 1.85. The molecule has 2 amide bonds. The number of urea groups is 1. The lowest BCUT2D eigenvalue weighted by Gasteiger charge is -2.42. The lowest BCUT2D eigenvalue weighted by atomic mass is 9.84. The number of carbonyl (C=O) groups excluding carboxylic acids is 1. The standard InChI is InChI=1S/C28H36F2N6OS/c1-28(2,3)24(35(13-7-12-31)27(37)34-14-16-38-17-15-34)26-32-25(22-18-21(29)10-11-23(22)30)33-36(26)19-20-8-5-4-6-9-20/h4-6,8-11,18,24H,7,12-17,19,31H2,1-3H3/t24-/m0/s1. The lowest BCUT2D eigenvalue weighted by Crippen LogP contribution is -2.51. The van der Waals surface area contributed by atoms with Crippen molar-refractivity contribution in [1.82, 2.24) is 24.6 Å². The van der Waals surface area contributed by atoms with Crippen molar-refractivity contribution in [2.24, 2.45) is 11.1 Å². The number of hydrogen-bond donors (Lipinski definition) is 1. The maximum absolute atomic E-state index is 14.8. The minimum Gasteiger partial charge on any atom is -0.330 e. The predicted octanol–water partition coefficient (Wildman–Crippen LogP) is 5.18. The number of aromatic nitrogens is 3. The number of nitrogens with zero attached hydrogens (tertiary/aromatic N) is 5. The van der Waals surface area contributed by atoms with Gasteiger partial charge in [-0.15, -0.1) is 0 Å². The van der Waals surface area contributed by atoms with E-state index in [2.05, 4.69) is 25.9 Å². The number of thioether (sulfide) groups is 1. The summed E-state index contributed by atoms with van der Waals surface area (Å²) in [5.74, 6) is 1.22. The Labute approximate surface area is 227 Å². The summed E-state index contributed by atoms with van der Waals surface area (Å²) in [6, 6.07) is 12.5. The highest BCUT2D eigenvalue weighted by molar-refractivity contribution is 7.99. The molecule has 1 aliphatic heterocycles. The van der Waals surface area contributed by atoms with Gasteiger partial charge in [0.25, 0.3) is 0 Å². The van der Waals surface area contributed by atoms with Crippen molar-refractivity contribution in [1.29, 1.82) is 0 Å². The molecule has 1 aromatic heterocycles. The molecule has 0 saturated carbocycles. The van der Waals surface area contributed by atoms with E-state index in [1.807, 2.05) is 51.9 Å². The van der Waals surface area contributed by atoms with E-state index in [4.69, 9.17) is 10.7 Å². The van der Waals surface area contributed by atoms with Crippen LogP contribution in [0.25, 0.3) is 11.4 Å². The maximum atomic E-state index is 14.8. The van der Waals surface area contributed by atoms with Gasteiger partial charge in [0.2, 0.25) is 0 Å². The van der Waals surface area contributed by atoms with Gasteiger partial charge >= 0.3 is 6.03 Å². The second-order valence-corrected chi connectivity index (χ2v) is 11.8. The highest BCUT2D eigenvalue weighted by Crippen LogP contribution is 2.39. The van der Waals surface area contributed by atoms with Crippen LogP contribution < -0.4 is 5.73 Å². The van der Waals surface area contributed by atoms with Crippen molar-refractivity contribution in [2.75, 3.05) is 37.7 Å². The maximum Gasteiger partial charge on any atom is 0.320 e. The molecule has 0 unspecified atom stereocenters. The van der Waals surface area contributed by atoms with Crippen LogP contribution in [-0.2, 0) is 6.54 Å². The first kappa shape index (κ1) is 28.0. The number of rotatable bonds is 8. The molecule has 1 aliphatic rings. The lowest BCUT2D eigenvalue weighted by molar-refractivity contribution is 0.0845. The van der Waals surface area contributed by atoms with Crippen LogP contribution in [-0.4, -0.2) is 68.3 Å². The van der Waals surface area contributed by atoms with Crippen molar-refractivity contribution in [3.05, 3.63) is 71.6 Å². The highest BCUT2D eigenvalue weighted by Gasteiger charge is 2.40. The van der Waals surface area contributed by atoms with Gasteiger partial charge in [-0.2, -0.15) is 16.9 Å². The zero-order valence-corrected chi connectivity index (χ0v) is 23.1. The molecule has 204 valence electrons. The molecular weight excluding hydrogens is 506 g/mol.